The van der Waals surface area contributed by atoms with Crippen LogP contribution >= 0.6 is 0 Å². The number of rotatable bonds is 4. The number of nitrogens with one attached hydrogen (secondary N) is 1. The molecule has 2 nitrogen and oxygen atoms in total. The topological polar surface area (TPSA) is 21.3 Å². The summed E-state index contributed by atoms with van der Waals surface area (Å²) in [6, 6.07) is 9.07. The number of hydrogen-bond donors (Lipinski definition) is 1. The summed E-state index contributed by atoms with van der Waals surface area (Å²) in [5.41, 5.74) is 1.39. The highest BCUT2D eigenvalue weighted by Gasteiger charge is 2.11. The first-order valence-electron chi connectivity index (χ1n) is 5.92. The van der Waals surface area contributed by atoms with Gasteiger partial charge in [0, 0.05) is 23.7 Å². The first-order chi connectivity index (χ1) is 9.15. The zero-order valence-electron chi connectivity index (χ0n) is 10.8. The van der Waals surface area contributed by atoms with Gasteiger partial charge in [-0.25, -0.2) is 8.78 Å². The SMILES string of the molecule is CNCc1ccc(F)c(-c2ccc(OC)cc2F)c1. The molecular formula is C15H15F2NO. The Balaban J connectivity index is 2.48. The van der Waals surface area contributed by atoms with Crippen molar-refractivity contribution < 1.29 is 13.5 Å². The monoisotopic (exact) mass is 263 g/mol. The summed E-state index contributed by atoms with van der Waals surface area (Å²) in [6.45, 7) is 0.602. The number of benzene rings is 2. The van der Waals surface area contributed by atoms with Crippen molar-refractivity contribution in [1.29, 1.82) is 0 Å². The Bertz CT molecular complexity index is 584. The number of ether oxygens (including phenoxy) is 1. The van der Waals surface area contributed by atoms with Crippen molar-refractivity contribution in [2.75, 3.05) is 14.2 Å². The van der Waals surface area contributed by atoms with Gasteiger partial charge in [-0.1, -0.05) is 6.07 Å². The van der Waals surface area contributed by atoms with Crippen molar-refractivity contribution in [3.63, 3.8) is 0 Å². The quantitative estimate of drug-likeness (QED) is 0.913. The standard InChI is InChI=1S/C15H15F2NO/c1-18-9-10-3-6-14(16)13(7-10)12-5-4-11(19-2)8-15(12)17/h3-8,18H,9H2,1-2H3. The lowest BCUT2D eigenvalue weighted by molar-refractivity contribution is 0.411. The van der Waals surface area contributed by atoms with Crippen molar-refractivity contribution in [2.45, 2.75) is 6.54 Å². The smallest absolute Gasteiger partial charge is 0.134 e. The lowest BCUT2D eigenvalue weighted by Crippen LogP contribution is -2.05. The molecule has 2 aromatic carbocycles. The minimum Gasteiger partial charge on any atom is -0.497 e. The molecule has 0 aliphatic rings. The molecule has 0 unspecified atom stereocenters. The zero-order chi connectivity index (χ0) is 13.8. The third-order valence-corrected chi connectivity index (χ3v) is 2.88. The lowest BCUT2D eigenvalue weighted by atomic mass is 10.0. The summed E-state index contributed by atoms with van der Waals surface area (Å²) < 4.78 is 32.7. The molecule has 0 spiro atoms. The fourth-order valence-corrected chi connectivity index (χ4v) is 1.93. The second-order valence-corrected chi connectivity index (χ2v) is 4.19. The van der Waals surface area contributed by atoms with Crippen LogP contribution in [-0.4, -0.2) is 14.2 Å². The second kappa shape index (κ2) is 5.80. The summed E-state index contributed by atoms with van der Waals surface area (Å²) in [7, 11) is 3.26. The molecule has 0 aliphatic carbocycles. The Morgan fingerprint density at radius 3 is 2.42 bits per heavy atom. The van der Waals surface area contributed by atoms with Crippen LogP contribution in [0.15, 0.2) is 36.4 Å². The molecule has 2 aromatic rings. The van der Waals surface area contributed by atoms with Crippen molar-refractivity contribution in [1.82, 2.24) is 5.32 Å². The van der Waals surface area contributed by atoms with E-state index in [0.717, 1.165) is 5.56 Å². The molecule has 0 radical (unpaired) electrons. The third-order valence-electron chi connectivity index (χ3n) is 2.88. The van der Waals surface area contributed by atoms with Crippen molar-refractivity contribution in [3.05, 3.63) is 53.6 Å². The third kappa shape index (κ3) is 2.90. The molecule has 4 heteroatoms. The van der Waals surface area contributed by atoms with E-state index in [0.29, 0.717) is 12.3 Å². The van der Waals surface area contributed by atoms with Gasteiger partial charge in [0.05, 0.1) is 7.11 Å². The van der Waals surface area contributed by atoms with Gasteiger partial charge in [0.1, 0.15) is 17.4 Å². The molecule has 0 bridgehead atoms. The van der Waals surface area contributed by atoms with Gasteiger partial charge in [-0.15, -0.1) is 0 Å². The fourth-order valence-electron chi connectivity index (χ4n) is 1.93. The summed E-state index contributed by atoms with van der Waals surface area (Å²) in [5, 5.41) is 2.98. The van der Waals surface area contributed by atoms with E-state index in [2.05, 4.69) is 5.32 Å². The number of methoxy groups -OCH3 is 1. The molecule has 100 valence electrons. The predicted molar refractivity (Wildman–Crippen MR) is 71.1 cm³/mol. The Morgan fingerprint density at radius 2 is 1.79 bits per heavy atom. The van der Waals surface area contributed by atoms with Crippen LogP contribution in [0.4, 0.5) is 8.78 Å². The van der Waals surface area contributed by atoms with Crippen LogP contribution in [0, 0.1) is 11.6 Å². The molecule has 0 saturated carbocycles. The molecule has 0 aromatic heterocycles. The van der Waals surface area contributed by atoms with Crippen LogP contribution in [0.2, 0.25) is 0 Å². The maximum atomic E-state index is 14.0. The van der Waals surface area contributed by atoms with E-state index in [-0.39, 0.29) is 11.1 Å². The van der Waals surface area contributed by atoms with Crippen molar-refractivity contribution in [3.8, 4) is 16.9 Å². The van der Waals surface area contributed by atoms with Crippen LogP contribution in [0.3, 0.4) is 0 Å². The van der Waals surface area contributed by atoms with E-state index in [1.54, 1.807) is 25.2 Å². The van der Waals surface area contributed by atoms with Crippen molar-refractivity contribution >= 4 is 0 Å². The normalized spacial score (nSPS) is 10.5. The van der Waals surface area contributed by atoms with Crippen LogP contribution in [-0.2, 0) is 6.54 Å². The lowest BCUT2D eigenvalue weighted by Gasteiger charge is -2.09. The van der Waals surface area contributed by atoms with Crippen LogP contribution in [0.5, 0.6) is 5.75 Å². The summed E-state index contributed by atoms with van der Waals surface area (Å²) >= 11 is 0. The molecule has 0 saturated heterocycles. The van der Waals surface area contributed by atoms with E-state index in [9.17, 15) is 8.78 Å². The zero-order valence-corrected chi connectivity index (χ0v) is 10.8. The van der Waals surface area contributed by atoms with E-state index >= 15 is 0 Å². The molecule has 0 aliphatic heterocycles. The van der Waals surface area contributed by atoms with Crippen LogP contribution < -0.4 is 10.1 Å². The first-order valence-corrected chi connectivity index (χ1v) is 5.92. The maximum absolute atomic E-state index is 14.0. The van der Waals surface area contributed by atoms with Gasteiger partial charge < -0.3 is 10.1 Å². The molecule has 0 fully saturated rings. The van der Waals surface area contributed by atoms with E-state index < -0.39 is 11.6 Å². The predicted octanol–water partition coefficient (Wildman–Crippen LogP) is 3.36. The average Bonchev–Trinajstić information content (AvgIpc) is 2.41. The summed E-state index contributed by atoms with van der Waals surface area (Å²) in [6.07, 6.45) is 0. The highest BCUT2D eigenvalue weighted by molar-refractivity contribution is 5.66. The number of hydrogen-bond acceptors (Lipinski definition) is 2. The first kappa shape index (κ1) is 13.5. The molecule has 19 heavy (non-hydrogen) atoms. The Kier molecular flexibility index (Phi) is 4.12. The van der Waals surface area contributed by atoms with Gasteiger partial charge in [-0.2, -0.15) is 0 Å². The summed E-state index contributed by atoms with van der Waals surface area (Å²) in [5.74, 6) is -0.531. The summed E-state index contributed by atoms with van der Waals surface area (Å²) in [4.78, 5) is 0. The molecule has 0 amide bonds. The Hall–Kier alpha value is -1.94. The highest BCUT2D eigenvalue weighted by atomic mass is 19.1. The minimum absolute atomic E-state index is 0.233. The van der Waals surface area contributed by atoms with E-state index in [1.165, 1.54) is 25.3 Å². The fraction of sp³-hybridized carbons (Fsp3) is 0.200. The molecule has 0 atom stereocenters. The minimum atomic E-state index is -0.500. The van der Waals surface area contributed by atoms with Gasteiger partial charge in [0.2, 0.25) is 0 Å². The molecular weight excluding hydrogens is 248 g/mol. The van der Waals surface area contributed by atoms with Gasteiger partial charge in [0.15, 0.2) is 0 Å². The van der Waals surface area contributed by atoms with E-state index in [4.69, 9.17) is 4.74 Å². The highest BCUT2D eigenvalue weighted by Crippen LogP contribution is 2.29. The Labute approximate surface area is 111 Å². The van der Waals surface area contributed by atoms with Crippen molar-refractivity contribution in [2.24, 2.45) is 0 Å². The van der Waals surface area contributed by atoms with Gasteiger partial charge in [-0.05, 0) is 36.9 Å². The van der Waals surface area contributed by atoms with Gasteiger partial charge in [0.25, 0.3) is 0 Å². The number of halogens is 2. The maximum Gasteiger partial charge on any atom is 0.134 e. The largest absolute Gasteiger partial charge is 0.497 e. The van der Waals surface area contributed by atoms with E-state index in [1.807, 2.05) is 0 Å². The molecule has 0 heterocycles. The second-order valence-electron chi connectivity index (χ2n) is 4.19. The van der Waals surface area contributed by atoms with Crippen LogP contribution in [0.25, 0.3) is 11.1 Å². The van der Waals surface area contributed by atoms with Gasteiger partial charge in [-0.3, -0.25) is 0 Å². The van der Waals surface area contributed by atoms with Gasteiger partial charge >= 0.3 is 0 Å². The van der Waals surface area contributed by atoms with Crippen LogP contribution in [0.1, 0.15) is 5.56 Å². The average molecular weight is 263 g/mol. The molecule has 1 N–H and O–H groups in total. The Morgan fingerprint density at radius 1 is 1.00 bits per heavy atom. The molecule has 2 rings (SSSR count).